The van der Waals surface area contributed by atoms with E-state index < -0.39 is 0 Å². The zero-order valence-corrected chi connectivity index (χ0v) is 11.7. The van der Waals surface area contributed by atoms with Crippen LogP contribution in [0.15, 0.2) is 41.0 Å². The molecule has 2 aromatic rings. The van der Waals surface area contributed by atoms with E-state index in [9.17, 15) is 4.39 Å². The van der Waals surface area contributed by atoms with Crippen molar-refractivity contribution < 1.29 is 8.81 Å². The van der Waals surface area contributed by atoms with Gasteiger partial charge in [0.25, 0.3) is 0 Å². The van der Waals surface area contributed by atoms with E-state index in [2.05, 4.69) is 0 Å². The van der Waals surface area contributed by atoms with Gasteiger partial charge in [-0.15, -0.1) is 0 Å². The quantitative estimate of drug-likeness (QED) is 0.859. The molecule has 0 atom stereocenters. The van der Waals surface area contributed by atoms with Crippen LogP contribution in [-0.4, -0.2) is 11.0 Å². The van der Waals surface area contributed by atoms with E-state index >= 15 is 0 Å². The lowest BCUT2D eigenvalue weighted by Gasteiger charge is -2.24. The van der Waals surface area contributed by atoms with Gasteiger partial charge in [-0.1, -0.05) is 12.2 Å². The van der Waals surface area contributed by atoms with Crippen LogP contribution >= 0.6 is 12.2 Å². The summed E-state index contributed by atoms with van der Waals surface area (Å²) < 4.78 is 19.7. The van der Waals surface area contributed by atoms with E-state index in [0.29, 0.717) is 23.8 Å². The molecule has 3 rings (SSSR count). The van der Waals surface area contributed by atoms with Gasteiger partial charge >= 0.3 is 0 Å². The Morgan fingerprint density at radius 2 is 2.20 bits per heavy atom. The van der Waals surface area contributed by atoms with Gasteiger partial charge in [-0.25, -0.2) is 4.39 Å². The molecule has 0 unspecified atom stereocenters. The molecule has 104 valence electrons. The Morgan fingerprint density at radius 1 is 1.40 bits per heavy atom. The average molecular weight is 290 g/mol. The second-order valence-corrected chi connectivity index (χ2v) is 5.41. The third-order valence-corrected chi connectivity index (χ3v) is 3.67. The number of nitrogens with two attached hydrogens (primary N) is 1. The lowest BCUT2D eigenvalue weighted by atomic mass is 10.1. The minimum Gasteiger partial charge on any atom is -0.467 e. The highest BCUT2D eigenvalue weighted by molar-refractivity contribution is 7.80. The second-order valence-electron chi connectivity index (χ2n) is 4.97. The highest BCUT2D eigenvalue weighted by Gasteiger charge is 2.31. The van der Waals surface area contributed by atoms with Gasteiger partial charge in [0.15, 0.2) is 0 Å². The number of anilines is 1. The molecule has 1 aromatic heterocycles. The Morgan fingerprint density at radius 3 is 2.75 bits per heavy atom. The molecule has 20 heavy (non-hydrogen) atoms. The van der Waals surface area contributed by atoms with E-state index in [-0.39, 0.29) is 10.8 Å². The number of halogens is 1. The summed E-state index contributed by atoms with van der Waals surface area (Å²) in [6, 6.07) is 9.02. The van der Waals surface area contributed by atoms with Gasteiger partial charge in [-0.3, -0.25) is 0 Å². The summed E-state index contributed by atoms with van der Waals surface area (Å²) in [5, 5.41) is 0. The monoisotopic (exact) mass is 290 g/mol. The number of hydrogen-bond acceptors (Lipinski definition) is 3. The van der Waals surface area contributed by atoms with E-state index in [1.165, 1.54) is 6.07 Å². The predicted molar refractivity (Wildman–Crippen MR) is 80.2 cm³/mol. The molecule has 1 aliphatic rings. The maximum atomic E-state index is 14.3. The molecule has 1 heterocycles. The first-order chi connectivity index (χ1) is 9.65. The van der Waals surface area contributed by atoms with Crippen molar-refractivity contribution in [1.82, 2.24) is 0 Å². The van der Waals surface area contributed by atoms with Gasteiger partial charge in [-0.05, 0) is 43.2 Å². The van der Waals surface area contributed by atoms with Crippen LogP contribution in [0.1, 0.15) is 24.2 Å². The van der Waals surface area contributed by atoms with Crippen LogP contribution in [0.4, 0.5) is 10.1 Å². The van der Waals surface area contributed by atoms with E-state index in [1.807, 2.05) is 17.0 Å². The van der Waals surface area contributed by atoms with Gasteiger partial charge in [-0.2, -0.15) is 0 Å². The lowest BCUT2D eigenvalue weighted by Crippen LogP contribution is -2.26. The van der Waals surface area contributed by atoms with Crippen molar-refractivity contribution in [3.05, 3.63) is 53.7 Å². The molecule has 0 aliphatic heterocycles. The number of furan rings is 1. The minimum atomic E-state index is -0.297. The number of nitrogens with zero attached hydrogens (tertiary/aromatic N) is 1. The van der Waals surface area contributed by atoms with Crippen LogP contribution in [-0.2, 0) is 6.54 Å². The van der Waals surface area contributed by atoms with Crippen molar-refractivity contribution in [1.29, 1.82) is 0 Å². The van der Waals surface area contributed by atoms with Crippen molar-refractivity contribution in [3.8, 4) is 0 Å². The third kappa shape index (κ3) is 2.67. The van der Waals surface area contributed by atoms with Crippen LogP contribution in [0, 0.1) is 5.82 Å². The number of rotatable bonds is 5. The van der Waals surface area contributed by atoms with Crippen molar-refractivity contribution in [2.45, 2.75) is 25.4 Å². The first-order valence-corrected chi connectivity index (χ1v) is 6.94. The summed E-state index contributed by atoms with van der Waals surface area (Å²) in [7, 11) is 0. The van der Waals surface area contributed by atoms with E-state index in [1.54, 1.807) is 18.4 Å². The number of hydrogen-bond donors (Lipinski definition) is 1. The zero-order chi connectivity index (χ0) is 14.1. The number of thiocarbonyl (C=S) groups is 1. The Balaban J connectivity index is 1.89. The molecule has 1 saturated carbocycles. The summed E-state index contributed by atoms with van der Waals surface area (Å²) in [6.45, 7) is 0.570. The van der Waals surface area contributed by atoms with Crippen molar-refractivity contribution in [3.63, 3.8) is 0 Å². The van der Waals surface area contributed by atoms with Gasteiger partial charge in [0.1, 0.15) is 16.6 Å². The first-order valence-electron chi connectivity index (χ1n) is 6.53. The molecular weight excluding hydrogens is 275 g/mol. The Bertz CT molecular complexity index is 623. The summed E-state index contributed by atoms with van der Waals surface area (Å²) in [4.78, 5) is 2.25. The molecule has 1 aromatic carbocycles. The van der Waals surface area contributed by atoms with Crippen LogP contribution in [0.25, 0.3) is 0 Å². The Kier molecular flexibility index (Phi) is 3.44. The molecule has 3 nitrogen and oxygen atoms in total. The minimum absolute atomic E-state index is 0.208. The fourth-order valence-electron chi connectivity index (χ4n) is 2.26. The third-order valence-electron chi connectivity index (χ3n) is 3.44. The highest BCUT2D eigenvalue weighted by Crippen LogP contribution is 2.34. The molecule has 1 fully saturated rings. The molecule has 0 bridgehead atoms. The Labute approximate surface area is 122 Å². The SMILES string of the molecule is NC(=S)c1ccc(N(Cc2ccco2)C2CC2)c(F)c1. The summed E-state index contributed by atoms with van der Waals surface area (Å²) in [5.74, 6) is 0.531. The van der Waals surface area contributed by atoms with Crippen LogP contribution in [0.5, 0.6) is 0 Å². The zero-order valence-electron chi connectivity index (χ0n) is 10.9. The lowest BCUT2D eigenvalue weighted by molar-refractivity contribution is 0.498. The van der Waals surface area contributed by atoms with Crippen molar-refractivity contribution in [2.75, 3.05) is 4.90 Å². The molecule has 1 aliphatic carbocycles. The van der Waals surface area contributed by atoms with Gasteiger partial charge in [0, 0.05) is 11.6 Å². The van der Waals surface area contributed by atoms with Crippen molar-refractivity contribution in [2.24, 2.45) is 5.73 Å². The molecule has 0 radical (unpaired) electrons. The predicted octanol–water partition coefficient (Wildman–Crippen LogP) is 3.22. The maximum Gasteiger partial charge on any atom is 0.147 e. The van der Waals surface area contributed by atoms with Crippen LogP contribution in [0.3, 0.4) is 0 Å². The standard InChI is InChI=1S/C15H15FN2OS/c16-13-8-10(15(17)20)3-6-14(13)18(11-4-5-11)9-12-2-1-7-19-12/h1-3,6-8,11H,4-5,9H2,(H2,17,20). The maximum absolute atomic E-state index is 14.3. The Hall–Kier alpha value is -1.88. The van der Waals surface area contributed by atoms with Gasteiger partial charge in [0.05, 0.1) is 18.5 Å². The average Bonchev–Trinajstić information content (AvgIpc) is 3.14. The molecule has 0 amide bonds. The van der Waals surface area contributed by atoms with Crippen LogP contribution < -0.4 is 10.6 Å². The first kappa shape index (κ1) is 13.1. The summed E-state index contributed by atoms with van der Waals surface area (Å²) in [6.07, 6.45) is 3.79. The normalized spacial score (nSPS) is 14.2. The second kappa shape index (κ2) is 5.25. The molecule has 0 saturated heterocycles. The van der Waals surface area contributed by atoms with Crippen LogP contribution in [0.2, 0.25) is 0 Å². The molecule has 5 heteroatoms. The topological polar surface area (TPSA) is 42.4 Å². The van der Waals surface area contributed by atoms with Gasteiger partial charge < -0.3 is 15.1 Å². The van der Waals surface area contributed by atoms with Gasteiger partial charge in [0.2, 0.25) is 0 Å². The molecular formula is C15H15FN2OS. The van der Waals surface area contributed by atoms with E-state index in [0.717, 1.165) is 18.6 Å². The fraction of sp³-hybridized carbons (Fsp3) is 0.267. The number of benzene rings is 1. The van der Waals surface area contributed by atoms with Crippen molar-refractivity contribution >= 4 is 22.9 Å². The highest BCUT2D eigenvalue weighted by atomic mass is 32.1. The fourth-order valence-corrected chi connectivity index (χ4v) is 2.39. The van der Waals surface area contributed by atoms with E-state index in [4.69, 9.17) is 22.4 Å². The molecule has 2 N–H and O–H groups in total. The smallest absolute Gasteiger partial charge is 0.147 e. The molecule has 0 spiro atoms. The largest absolute Gasteiger partial charge is 0.467 e. The summed E-state index contributed by atoms with van der Waals surface area (Å²) in [5.41, 5.74) is 6.65. The summed E-state index contributed by atoms with van der Waals surface area (Å²) >= 11 is 4.87.